The highest BCUT2D eigenvalue weighted by Crippen LogP contribution is 2.30. The molecule has 2 aromatic carbocycles. The number of hydrogen-bond donors (Lipinski definition) is 2. The highest BCUT2D eigenvalue weighted by molar-refractivity contribution is 6.35. The molecule has 7 nitrogen and oxygen atoms in total. The fourth-order valence-electron chi connectivity index (χ4n) is 3.11. The number of rotatable bonds is 7. The Hall–Kier alpha value is -3.94. The minimum atomic E-state index is -0.420. The molecule has 0 spiro atoms. The quantitative estimate of drug-likeness (QED) is 0.275. The first-order chi connectivity index (χ1) is 16.4. The van der Waals surface area contributed by atoms with Crippen molar-refractivity contribution in [3.8, 4) is 17.1 Å². The van der Waals surface area contributed by atoms with Crippen LogP contribution < -0.4 is 15.4 Å². The van der Waals surface area contributed by atoms with Crippen molar-refractivity contribution in [2.24, 2.45) is 0 Å². The first-order valence-corrected chi connectivity index (χ1v) is 10.7. The van der Waals surface area contributed by atoms with Crippen LogP contribution >= 0.6 is 23.2 Å². The molecule has 0 atom stereocenters. The number of nitrogens with one attached hydrogen (secondary N) is 2. The SMILES string of the molecule is COc1ccc(NC(=O)c2ccco2)cc1NC(=O)/C=C/c1ccc(-c2cc(Cl)cc(Cl)c2)o1. The van der Waals surface area contributed by atoms with E-state index in [9.17, 15) is 9.59 Å². The van der Waals surface area contributed by atoms with E-state index in [4.69, 9.17) is 36.8 Å². The standard InChI is InChI=1S/C25H18Cl2N2O5/c1-32-22-7-4-18(28-25(31)23-3-2-10-33-23)14-20(22)29-24(30)9-6-19-5-8-21(34-19)15-11-16(26)13-17(27)12-15/h2-14H,1H3,(H,28,31)(H,29,30)/b9-6+. The van der Waals surface area contributed by atoms with Crippen molar-refractivity contribution in [2.75, 3.05) is 17.7 Å². The maximum Gasteiger partial charge on any atom is 0.291 e. The van der Waals surface area contributed by atoms with Gasteiger partial charge in [-0.15, -0.1) is 0 Å². The number of benzene rings is 2. The number of furan rings is 2. The fourth-order valence-corrected chi connectivity index (χ4v) is 3.64. The zero-order chi connectivity index (χ0) is 24.1. The number of ether oxygens (including phenoxy) is 1. The van der Waals surface area contributed by atoms with Crippen molar-refractivity contribution in [1.82, 2.24) is 0 Å². The Labute approximate surface area is 204 Å². The minimum absolute atomic E-state index is 0.169. The van der Waals surface area contributed by atoms with Gasteiger partial charge >= 0.3 is 0 Å². The van der Waals surface area contributed by atoms with Gasteiger partial charge in [0.15, 0.2) is 5.76 Å². The predicted molar refractivity (Wildman–Crippen MR) is 131 cm³/mol. The van der Waals surface area contributed by atoms with Gasteiger partial charge in [0.1, 0.15) is 17.3 Å². The third-order valence-electron chi connectivity index (χ3n) is 4.63. The summed E-state index contributed by atoms with van der Waals surface area (Å²) in [5.74, 6) is 0.787. The highest BCUT2D eigenvalue weighted by atomic mass is 35.5. The van der Waals surface area contributed by atoms with Crippen molar-refractivity contribution in [3.63, 3.8) is 0 Å². The van der Waals surface area contributed by atoms with E-state index in [1.165, 1.54) is 25.5 Å². The number of amides is 2. The highest BCUT2D eigenvalue weighted by Gasteiger charge is 2.12. The lowest BCUT2D eigenvalue weighted by Crippen LogP contribution is -2.12. The summed E-state index contributed by atoms with van der Waals surface area (Å²) in [6, 6.07) is 16.6. The second-order valence-corrected chi connectivity index (χ2v) is 7.90. The Kier molecular flexibility index (Phi) is 7.06. The van der Waals surface area contributed by atoms with E-state index in [0.717, 1.165) is 5.56 Å². The molecule has 172 valence electrons. The third kappa shape index (κ3) is 5.70. The Morgan fingerprint density at radius 2 is 1.76 bits per heavy atom. The molecular weight excluding hydrogens is 479 g/mol. The topological polar surface area (TPSA) is 93.7 Å². The van der Waals surface area contributed by atoms with E-state index >= 15 is 0 Å². The van der Waals surface area contributed by atoms with Crippen LogP contribution in [0.1, 0.15) is 16.3 Å². The zero-order valence-electron chi connectivity index (χ0n) is 17.8. The Bertz CT molecular complexity index is 1340. The molecule has 4 aromatic rings. The van der Waals surface area contributed by atoms with Crippen molar-refractivity contribution in [1.29, 1.82) is 0 Å². The molecule has 0 saturated carbocycles. The second kappa shape index (κ2) is 10.3. The predicted octanol–water partition coefficient (Wildman–Crippen LogP) is 6.76. The van der Waals surface area contributed by atoms with Gasteiger partial charge in [-0.1, -0.05) is 23.2 Å². The van der Waals surface area contributed by atoms with Crippen LogP contribution in [0.3, 0.4) is 0 Å². The molecule has 9 heteroatoms. The lowest BCUT2D eigenvalue weighted by molar-refractivity contribution is -0.111. The Morgan fingerprint density at radius 1 is 0.971 bits per heavy atom. The molecule has 2 N–H and O–H groups in total. The van der Waals surface area contributed by atoms with E-state index in [1.807, 2.05) is 0 Å². The molecule has 0 aliphatic carbocycles. The molecule has 0 bridgehead atoms. The monoisotopic (exact) mass is 496 g/mol. The summed E-state index contributed by atoms with van der Waals surface area (Å²) in [7, 11) is 1.48. The number of hydrogen-bond acceptors (Lipinski definition) is 5. The first-order valence-electron chi connectivity index (χ1n) is 9.99. The van der Waals surface area contributed by atoms with Gasteiger partial charge in [0.25, 0.3) is 5.91 Å². The van der Waals surface area contributed by atoms with Gasteiger partial charge in [-0.2, -0.15) is 0 Å². The smallest absolute Gasteiger partial charge is 0.291 e. The summed E-state index contributed by atoms with van der Waals surface area (Å²) >= 11 is 12.1. The lowest BCUT2D eigenvalue weighted by atomic mass is 10.2. The number of halogens is 2. The van der Waals surface area contributed by atoms with E-state index in [2.05, 4.69) is 10.6 Å². The van der Waals surface area contributed by atoms with E-state index in [-0.39, 0.29) is 5.76 Å². The van der Waals surface area contributed by atoms with Crippen molar-refractivity contribution in [2.45, 2.75) is 0 Å². The molecule has 2 aromatic heterocycles. The van der Waals surface area contributed by atoms with Gasteiger partial charge in [-0.05, 0) is 66.7 Å². The van der Waals surface area contributed by atoms with Gasteiger partial charge in [0, 0.05) is 27.4 Å². The summed E-state index contributed by atoms with van der Waals surface area (Å²) in [6.45, 7) is 0. The molecule has 0 saturated heterocycles. The molecule has 0 unspecified atom stereocenters. The summed E-state index contributed by atoms with van der Waals surface area (Å²) < 4.78 is 16.1. The molecule has 34 heavy (non-hydrogen) atoms. The van der Waals surface area contributed by atoms with E-state index < -0.39 is 11.8 Å². The minimum Gasteiger partial charge on any atom is -0.495 e. The van der Waals surface area contributed by atoms with Gasteiger partial charge in [0.2, 0.25) is 5.91 Å². The van der Waals surface area contributed by atoms with E-state index in [1.54, 1.807) is 60.7 Å². The Morgan fingerprint density at radius 3 is 2.47 bits per heavy atom. The van der Waals surface area contributed by atoms with E-state index in [0.29, 0.717) is 38.7 Å². The largest absolute Gasteiger partial charge is 0.495 e. The summed E-state index contributed by atoms with van der Waals surface area (Å²) in [6.07, 6.45) is 4.26. The molecule has 0 aliphatic heterocycles. The number of methoxy groups -OCH3 is 1. The van der Waals surface area contributed by atoms with Crippen molar-refractivity contribution in [3.05, 3.63) is 94.6 Å². The summed E-state index contributed by atoms with van der Waals surface area (Å²) in [5, 5.41) is 6.42. The first kappa shape index (κ1) is 23.2. The molecule has 0 aliphatic rings. The van der Waals surface area contributed by atoms with Crippen LogP contribution in [0.5, 0.6) is 5.75 Å². The molecule has 4 rings (SSSR count). The van der Waals surface area contributed by atoms with Crippen molar-refractivity contribution < 1.29 is 23.2 Å². The van der Waals surface area contributed by atoms with Crippen LogP contribution in [0.4, 0.5) is 11.4 Å². The summed E-state index contributed by atoms with van der Waals surface area (Å²) in [5.41, 5.74) is 1.56. The molecular formula is C25H18Cl2N2O5. The maximum absolute atomic E-state index is 12.5. The second-order valence-electron chi connectivity index (χ2n) is 7.03. The van der Waals surface area contributed by atoms with Crippen LogP contribution in [-0.4, -0.2) is 18.9 Å². The average Bonchev–Trinajstić information content (AvgIpc) is 3.50. The number of carbonyl (C=O) groups excluding carboxylic acids is 2. The van der Waals surface area contributed by atoms with Crippen LogP contribution in [0.15, 0.2) is 81.8 Å². The van der Waals surface area contributed by atoms with Gasteiger partial charge in [0.05, 0.1) is 19.1 Å². The average molecular weight is 497 g/mol. The molecule has 0 fully saturated rings. The molecule has 2 heterocycles. The van der Waals surface area contributed by atoms with Crippen molar-refractivity contribution >= 4 is 52.5 Å². The lowest BCUT2D eigenvalue weighted by Gasteiger charge is -2.11. The summed E-state index contributed by atoms with van der Waals surface area (Å²) in [4.78, 5) is 24.7. The third-order valence-corrected chi connectivity index (χ3v) is 5.07. The van der Waals surface area contributed by atoms with Crippen LogP contribution in [-0.2, 0) is 4.79 Å². The van der Waals surface area contributed by atoms with Crippen LogP contribution in [0.2, 0.25) is 10.0 Å². The maximum atomic E-state index is 12.5. The number of carbonyl (C=O) groups is 2. The van der Waals surface area contributed by atoms with Gasteiger partial charge < -0.3 is 24.2 Å². The van der Waals surface area contributed by atoms with Crippen LogP contribution in [0.25, 0.3) is 17.4 Å². The zero-order valence-corrected chi connectivity index (χ0v) is 19.3. The van der Waals surface area contributed by atoms with Gasteiger partial charge in [-0.25, -0.2) is 0 Å². The number of anilines is 2. The van der Waals surface area contributed by atoms with Gasteiger partial charge in [-0.3, -0.25) is 9.59 Å². The fraction of sp³-hybridized carbons (Fsp3) is 0.0400. The molecule has 0 radical (unpaired) electrons. The molecule has 2 amide bonds. The normalized spacial score (nSPS) is 10.9. The Balaban J connectivity index is 1.45. The van der Waals surface area contributed by atoms with Crippen LogP contribution in [0, 0.1) is 0 Å².